The summed E-state index contributed by atoms with van der Waals surface area (Å²) in [5.74, 6) is -0.143. The van der Waals surface area contributed by atoms with Crippen LogP contribution in [0.25, 0.3) is 0 Å². The third-order valence-electron chi connectivity index (χ3n) is 2.45. The lowest BCUT2D eigenvalue weighted by atomic mass is 9.75. The van der Waals surface area contributed by atoms with Gasteiger partial charge < -0.3 is 15.3 Å². The summed E-state index contributed by atoms with van der Waals surface area (Å²) in [6, 6.07) is 4.12. The lowest BCUT2D eigenvalue weighted by molar-refractivity contribution is -0.0404. The molecule has 0 saturated heterocycles. The summed E-state index contributed by atoms with van der Waals surface area (Å²) in [5, 5.41) is 28.5. The lowest BCUT2D eigenvalue weighted by Gasteiger charge is -2.37. The molecule has 3 N–H and O–H groups in total. The lowest BCUT2D eigenvalue weighted by Crippen LogP contribution is -2.33. The Labute approximate surface area is 77.7 Å². The van der Waals surface area contributed by atoms with Crippen molar-refractivity contribution in [3.05, 3.63) is 23.8 Å². The van der Waals surface area contributed by atoms with Crippen LogP contribution in [-0.4, -0.2) is 15.3 Å². The molecule has 2 rings (SSSR count). The van der Waals surface area contributed by atoms with Crippen molar-refractivity contribution >= 4 is 0 Å². The quantitative estimate of drug-likeness (QED) is 0.616. The van der Waals surface area contributed by atoms with E-state index < -0.39 is 5.60 Å². The number of benzene rings is 1. The third-order valence-corrected chi connectivity index (χ3v) is 2.45. The molecule has 1 aromatic rings. The van der Waals surface area contributed by atoms with Crippen molar-refractivity contribution in [1.82, 2.24) is 0 Å². The van der Waals surface area contributed by atoms with E-state index in [9.17, 15) is 10.2 Å². The molecular formula is C10H12O3. The summed E-state index contributed by atoms with van der Waals surface area (Å²) in [5.41, 5.74) is -0.677. The van der Waals surface area contributed by atoms with Crippen molar-refractivity contribution in [3.8, 4) is 11.5 Å². The van der Waals surface area contributed by atoms with Gasteiger partial charge in [0.25, 0.3) is 0 Å². The molecule has 13 heavy (non-hydrogen) atoms. The highest BCUT2D eigenvalue weighted by molar-refractivity contribution is 5.43. The number of hydrogen-bond donors (Lipinski definition) is 3. The molecule has 0 atom stereocenters. The number of aromatic hydroxyl groups is 2. The van der Waals surface area contributed by atoms with Gasteiger partial charge in [-0.15, -0.1) is 0 Å². The largest absolute Gasteiger partial charge is 0.508 e. The zero-order chi connectivity index (χ0) is 10.3. The number of aliphatic hydroxyl groups is 1. The van der Waals surface area contributed by atoms with Crippen molar-refractivity contribution in [3.63, 3.8) is 0 Å². The van der Waals surface area contributed by atoms with Crippen LogP contribution in [0.3, 0.4) is 0 Å². The van der Waals surface area contributed by atoms with Gasteiger partial charge in [0.2, 0.25) is 0 Å². The number of hydrogen-bond acceptors (Lipinski definition) is 3. The van der Waals surface area contributed by atoms with Gasteiger partial charge in [0, 0.05) is 13.0 Å². The van der Waals surface area contributed by atoms with E-state index in [2.05, 4.69) is 0 Å². The summed E-state index contributed by atoms with van der Waals surface area (Å²) in [7, 11) is 0. The molecule has 70 valence electrons. The van der Waals surface area contributed by atoms with E-state index in [1.54, 1.807) is 0 Å². The predicted octanol–water partition coefficient (Wildman–Crippen LogP) is 1.47. The molecule has 0 aliphatic heterocycles. The maximum absolute atomic E-state index is 9.96. The predicted molar refractivity (Wildman–Crippen MR) is 47.5 cm³/mol. The molecule has 0 unspecified atom stereocenters. The topological polar surface area (TPSA) is 60.7 Å². The van der Waals surface area contributed by atoms with Gasteiger partial charge >= 0.3 is 0 Å². The zero-order valence-electron chi connectivity index (χ0n) is 8.07. The molecule has 0 radical (unpaired) electrons. The van der Waals surface area contributed by atoms with Gasteiger partial charge in [-0.05, 0) is 31.4 Å². The maximum Gasteiger partial charge on any atom is 0.125 e. The van der Waals surface area contributed by atoms with E-state index in [-0.39, 0.29) is 17.9 Å². The molecule has 3 heteroatoms. The summed E-state index contributed by atoms with van der Waals surface area (Å²) in [6.45, 7) is 0. The van der Waals surface area contributed by atoms with Crippen molar-refractivity contribution in [2.24, 2.45) is 0 Å². The first kappa shape index (κ1) is 7.21. The highest BCUT2D eigenvalue weighted by Gasteiger charge is 2.38. The fraction of sp³-hybridized carbons (Fsp3) is 0.400. The van der Waals surface area contributed by atoms with E-state index in [0.717, 1.165) is 0 Å². The van der Waals surface area contributed by atoms with Gasteiger partial charge in [-0.1, -0.05) is 0 Å². The Morgan fingerprint density at radius 2 is 2.00 bits per heavy atom. The molecule has 1 aliphatic rings. The SMILES string of the molecule is [3H]C1CC(O)(c2ccc(O)cc2O)C1. The number of rotatable bonds is 1. The van der Waals surface area contributed by atoms with E-state index >= 15 is 0 Å². The fourth-order valence-electron chi connectivity index (χ4n) is 1.55. The molecule has 0 heterocycles. The molecular weight excluding hydrogens is 168 g/mol. The first-order valence-corrected chi connectivity index (χ1v) is 4.18. The summed E-state index contributed by atoms with van der Waals surface area (Å²) in [6.07, 6.45) is 0.421. The Bertz CT molecular complexity index is 358. The molecule has 0 amide bonds. The van der Waals surface area contributed by atoms with Gasteiger partial charge in [-0.2, -0.15) is 0 Å². The second-order valence-electron chi connectivity index (χ2n) is 3.43. The van der Waals surface area contributed by atoms with Crippen LogP contribution in [0.5, 0.6) is 11.5 Å². The standard InChI is InChI=1S/C10H12O3/c11-7-2-3-8(9(12)6-7)10(13)4-1-5-10/h2-3,6,11-13H,1,4-5H2/i1T. The molecule has 0 aromatic heterocycles. The summed E-state index contributed by atoms with van der Waals surface area (Å²) < 4.78 is 7.34. The Morgan fingerprint density at radius 3 is 2.54 bits per heavy atom. The Balaban J connectivity index is 2.33. The van der Waals surface area contributed by atoms with Crippen LogP contribution in [0.4, 0.5) is 0 Å². The van der Waals surface area contributed by atoms with Crippen LogP contribution in [0, 0.1) is 0 Å². The molecule has 1 aromatic carbocycles. The Morgan fingerprint density at radius 1 is 1.31 bits per heavy atom. The smallest absolute Gasteiger partial charge is 0.125 e. The normalized spacial score (nSPS) is 33.6. The highest BCUT2D eigenvalue weighted by atomic mass is 16.3. The first-order valence-electron chi connectivity index (χ1n) is 4.76. The molecule has 3 nitrogen and oxygen atoms in total. The average Bonchev–Trinajstić information content (AvgIpc) is 2.00. The van der Waals surface area contributed by atoms with Crippen molar-refractivity contribution in [2.45, 2.75) is 24.8 Å². The highest BCUT2D eigenvalue weighted by Crippen LogP contribution is 2.45. The van der Waals surface area contributed by atoms with Crippen LogP contribution in [0.1, 0.15) is 26.2 Å². The minimum absolute atomic E-state index is 0.0309. The molecule has 1 fully saturated rings. The first-order chi connectivity index (χ1) is 6.51. The van der Waals surface area contributed by atoms with Gasteiger partial charge in [0.05, 0.1) is 5.60 Å². The van der Waals surface area contributed by atoms with Crippen molar-refractivity contribution < 1.29 is 16.7 Å². The van der Waals surface area contributed by atoms with Crippen LogP contribution < -0.4 is 0 Å². The Hall–Kier alpha value is -1.22. The van der Waals surface area contributed by atoms with Gasteiger partial charge in [-0.3, -0.25) is 0 Å². The second kappa shape index (κ2) is 2.64. The average molecular weight is 182 g/mol. The fourth-order valence-corrected chi connectivity index (χ4v) is 1.55. The maximum atomic E-state index is 9.96. The van der Waals surface area contributed by atoms with Gasteiger partial charge in [0.1, 0.15) is 11.5 Å². The summed E-state index contributed by atoms with van der Waals surface area (Å²) >= 11 is 0. The van der Waals surface area contributed by atoms with Crippen LogP contribution >= 0.6 is 0 Å². The monoisotopic (exact) mass is 182 g/mol. The van der Waals surface area contributed by atoms with Gasteiger partial charge in [0.15, 0.2) is 0 Å². The second-order valence-corrected chi connectivity index (χ2v) is 3.43. The molecule has 1 aliphatic carbocycles. The number of phenolic OH excluding ortho intramolecular Hbond substituents is 2. The minimum Gasteiger partial charge on any atom is -0.508 e. The number of phenols is 2. The zero-order valence-corrected chi connectivity index (χ0v) is 7.07. The summed E-state index contributed by atoms with van der Waals surface area (Å²) in [4.78, 5) is 0. The van der Waals surface area contributed by atoms with E-state index in [4.69, 9.17) is 6.48 Å². The van der Waals surface area contributed by atoms with Crippen LogP contribution in [0.15, 0.2) is 18.2 Å². The van der Waals surface area contributed by atoms with Crippen molar-refractivity contribution in [1.29, 1.82) is 0 Å². The van der Waals surface area contributed by atoms with E-state index in [1.165, 1.54) is 18.2 Å². The van der Waals surface area contributed by atoms with Gasteiger partial charge in [-0.25, -0.2) is 0 Å². The Kier molecular flexibility index (Phi) is 1.46. The molecule has 1 saturated carbocycles. The molecule has 0 spiro atoms. The minimum atomic E-state index is -1.08. The van der Waals surface area contributed by atoms with Crippen molar-refractivity contribution in [2.75, 3.05) is 0 Å². The molecule has 0 bridgehead atoms. The van der Waals surface area contributed by atoms with Crippen LogP contribution in [-0.2, 0) is 5.60 Å². The van der Waals surface area contributed by atoms with E-state index in [0.29, 0.717) is 18.4 Å². The van der Waals surface area contributed by atoms with Crippen LogP contribution in [0.2, 0.25) is 0 Å². The van der Waals surface area contributed by atoms with E-state index in [1.807, 2.05) is 0 Å². The third kappa shape index (κ3) is 1.25.